The fraction of sp³-hybridized carbons (Fsp3) is 0.143. The molecular formula is C7H8. The van der Waals surface area contributed by atoms with Crippen molar-refractivity contribution in [1.29, 1.82) is 0 Å². The minimum Gasteiger partial charge on any atom is -0.0622 e. The molecule has 0 bridgehead atoms. The molecule has 0 aliphatic carbocycles. The summed E-state index contributed by atoms with van der Waals surface area (Å²) < 4.78 is 14.3. The number of rotatable bonds is 0. The maximum absolute atomic E-state index is 7.17. The van der Waals surface area contributed by atoms with Gasteiger partial charge in [-0.2, -0.15) is 0 Å². The molecule has 0 aliphatic heterocycles. The van der Waals surface area contributed by atoms with Crippen LogP contribution in [-0.2, 0) is 0 Å². The minimum atomic E-state index is 0.292. The Morgan fingerprint density at radius 3 is 2.86 bits per heavy atom. The van der Waals surface area contributed by atoms with Crippen molar-refractivity contribution in [2.75, 3.05) is 0 Å². The van der Waals surface area contributed by atoms with Crippen LogP contribution in [0.4, 0.5) is 0 Å². The van der Waals surface area contributed by atoms with E-state index in [1.54, 1.807) is 12.1 Å². The van der Waals surface area contributed by atoms with E-state index in [0.29, 0.717) is 12.1 Å². The van der Waals surface area contributed by atoms with E-state index in [1.807, 2.05) is 13.0 Å². The maximum atomic E-state index is 7.17. The molecule has 0 nitrogen and oxygen atoms in total. The molecule has 1 aromatic rings. The van der Waals surface area contributed by atoms with Crippen LogP contribution < -0.4 is 0 Å². The summed E-state index contributed by atoms with van der Waals surface area (Å²) in [4.78, 5) is 0. The maximum Gasteiger partial charge on any atom is 0.0623 e. The van der Waals surface area contributed by atoms with Crippen LogP contribution in [0.2, 0.25) is 0 Å². The third kappa shape index (κ3) is 1.04. The van der Waals surface area contributed by atoms with Crippen LogP contribution in [-0.4, -0.2) is 0 Å². The summed E-state index contributed by atoms with van der Waals surface area (Å²) in [7, 11) is 0. The van der Waals surface area contributed by atoms with Gasteiger partial charge in [0.05, 0.1) is 2.74 Å². The molecule has 0 spiro atoms. The lowest BCUT2D eigenvalue weighted by Gasteiger charge is -1.82. The van der Waals surface area contributed by atoms with Crippen molar-refractivity contribution in [3.05, 3.63) is 35.8 Å². The molecule has 0 amide bonds. The van der Waals surface area contributed by atoms with Gasteiger partial charge in [0, 0.05) is 0 Å². The van der Waals surface area contributed by atoms with Gasteiger partial charge in [-0.05, 0) is 6.92 Å². The second-order valence-corrected chi connectivity index (χ2v) is 1.51. The second-order valence-electron chi connectivity index (χ2n) is 1.51. The minimum absolute atomic E-state index is 0.292. The van der Waals surface area contributed by atoms with Crippen LogP contribution >= 0.6 is 0 Å². The van der Waals surface area contributed by atoms with Gasteiger partial charge in [-0.3, -0.25) is 0 Å². The summed E-state index contributed by atoms with van der Waals surface area (Å²) >= 11 is 0. The first-order valence-electron chi connectivity index (χ1n) is 3.24. The van der Waals surface area contributed by atoms with Gasteiger partial charge in [0.25, 0.3) is 0 Å². The van der Waals surface area contributed by atoms with Crippen molar-refractivity contribution < 1.29 is 2.74 Å². The van der Waals surface area contributed by atoms with E-state index >= 15 is 0 Å². The molecule has 0 fully saturated rings. The Kier molecular flexibility index (Phi) is 0.639. The van der Waals surface area contributed by atoms with Crippen LogP contribution in [0.15, 0.2) is 30.3 Å². The van der Waals surface area contributed by atoms with Crippen LogP contribution in [0.25, 0.3) is 0 Å². The zero-order valence-electron chi connectivity index (χ0n) is 6.23. The summed E-state index contributed by atoms with van der Waals surface area (Å²) in [6.07, 6.45) is 0. The lowest BCUT2D eigenvalue weighted by Crippen LogP contribution is -1.62. The topological polar surface area (TPSA) is 0 Å². The van der Waals surface area contributed by atoms with Gasteiger partial charge < -0.3 is 0 Å². The van der Waals surface area contributed by atoms with Crippen LogP contribution in [0.3, 0.4) is 0 Å². The van der Waals surface area contributed by atoms with E-state index in [-0.39, 0.29) is 0 Å². The van der Waals surface area contributed by atoms with Gasteiger partial charge in [0.15, 0.2) is 0 Å². The smallest absolute Gasteiger partial charge is 0.0622 e. The average Bonchev–Trinajstić information content (AvgIpc) is 1.80. The van der Waals surface area contributed by atoms with E-state index in [0.717, 1.165) is 5.56 Å². The number of aryl methyl sites for hydroxylation is 1. The highest BCUT2D eigenvalue weighted by molar-refractivity contribution is 5.11. The van der Waals surface area contributed by atoms with E-state index < -0.39 is 0 Å². The molecular weight excluding hydrogens is 84.1 g/mol. The van der Waals surface area contributed by atoms with Gasteiger partial charge in [-0.1, -0.05) is 35.8 Å². The van der Waals surface area contributed by atoms with Crippen molar-refractivity contribution in [1.82, 2.24) is 0 Å². The Morgan fingerprint density at radius 1 is 1.43 bits per heavy atom. The Morgan fingerprint density at radius 2 is 2.29 bits per heavy atom. The van der Waals surface area contributed by atoms with Crippen molar-refractivity contribution in [3.8, 4) is 0 Å². The van der Waals surface area contributed by atoms with Crippen LogP contribution in [0.5, 0.6) is 0 Å². The summed E-state index contributed by atoms with van der Waals surface area (Å²) in [6.45, 7) is 1.91. The van der Waals surface area contributed by atoms with Gasteiger partial charge in [0.2, 0.25) is 0 Å². The fourth-order valence-electron chi connectivity index (χ4n) is 0.425. The first-order valence-corrected chi connectivity index (χ1v) is 2.24. The standard InChI is InChI=1S/C7H8/c1-7-5-3-2-4-6-7/h2-6H,1H3/i2D,3D. The molecule has 0 heterocycles. The Labute approximate surface area is 46.6 Å². The highest BCUT2D eigenvalue weighted by Gasteiger charge is 1.72. The molecule has 0 saturated carbocycles. The summed E-state index contributed by atoms with van der Waals surface area (Å²) in [5.41, 5.74) is 1.04. The van der Waals surface area contributed by atoms with E-state index in [9.17, 15) is 0 Å². The SMILES string of the molecule is [2H]c1ccc(C)cc1[2H]. The molecule has 1 rings (SSSR count). The van der Waals surface area contributed by atoms with Crippen molar-refractivity contribution in [3.63, 3.8) is 0 Å². The summed E-state index contributed by atoms with van der Waals surface area (Å²) in [5, 5.41) is 0. The van der Waals surface area contributed by atoms with Crippen molar-refractivity contribution >= 4 is 0 Å². The van der Waals surface area contributed by atoms with E-state index in [2.05, 4.69) is 0 Å². The predicted molar refractivity (Wildman–Crippen MR) is 31.2 cm³/mol. The van der Waals surface area contributed by atoms with Gasteiger partial charge >= 0.3 is 0 Å². The third-order valence-corrected chi connectivity index (χ3v) is 0.813. The predicted octanol–water partition coefficient (Wildman–Crippen LogP) is 2.00. The molecule has 36 valence electrons. The molecule has 0 unspecified atom stereocenters. The number of hydrogen-bond donors (Lipinski definition) is 0. The number of hydrogen-bond acceptors (Lipinski definition) is 0. The molecule has 0 heteroatoms. The monoisotopic (exact) mass is 94.1 g/mol. The average molecular weight is 94.2 g/mol. The zero-order valence-corrected chi connectivity index (χ0v) is 4.23. The highest BCUT2D eigenvalue weighted by atomic mass is 13.8. The van der Waals surface area contributed by atoms with Gasteiger partial charge in [-0.25, -0.2) is 0 Å². The summed E-state index contributed by atoms with van der Waals surface area (Å²) in [6, 6.07) is 5.75. The fourth-order valence-corrected chi connectivity index (χ4v) is 0.425. The molecule has 1 aromatic carbocycles. The van der Waals surface area contributed by atoms with Gasteiger partial charge in [-0.15, -0.1) is 0 Å². The summed E-state index contributed by atoms with van der Waals surface area (Å²) in [5.74, 6) is 0. The largest absolute Gasteiger partial charge is 0.0623 e. The van der Waals surface area contributed by atoms with E-state index in [4.69, 9.17) is 2.74 Å². The molecule has 0 radical (unpaired) electrons. The zero-order chi connectivity index (χ0) is 6.85. The first-order chi connectivity index (χ1) is 4.20. The highest BCUT2D eigenvalue weighted by Crippen LogP contribution is 1.92. The normalized spacial score (nSPS) is 12.7. The Bertz CT molecular complexity index is 218. The first kappa shape index (κ1) is 2.51. The van der Waals surface area contributed by atoms with Crippen LogP contribution in [0, 0.1) is 6.92 Å². The number of benzene rings is 1. The third-order valence-electron chi connectivity index (χ3n) is 0.813. The molecule has 0 aromatic heterocycles. The Hall–Kier alpha value is -0.780. The van der Waals surface area contributed by atoms with Crippen molar-refractivity contribution in [2.24, 2.45) is 0 Å². The lowest BCUT2D eigenvalue weighted by molar-refractivity contribution is 1.48. The quantitative estimate of drug-likeness (QED) is 0.461. The molecule has 0 aliphatic rings. The van der Waals surface area contributed by atoms with Crippen molar-refractivity contribution in [2.45, 2.75) is 6.92 Å². The molecule has 0 N–H and O–H groups in total. The molecule has 0 saturated heterocycles. The van der Waals surface area contributed by atoms with Crippen LogP contribution in [0.1, 0.15) is 8.30 Å². The lowest BCUT2D eigenvalue weighted by atomic mass is 10.2. The molecule has 7 heavy (non-hydrogen) atoms. The molecule has 0 atom stereocenters. The van der Waals surface area contributed by atoms with Gasteiger partial charge in [0.1, 0.15) is 0 Å². The van der Waals surface area contributed by atoms with E-state index in [1.165, 1.54) is 0 Å². The second kappa shape index (κ2) is 1.78. The Balaban J connectivity index is 3.17.